The first-order valence-electron chi connectivity index (χ1n) is 7.65. The minimum absolute atomic E-state index is 0.00198. The zero-order valence-electron chi connectivity index (χ0n) is 13.3. The first kappa shape index (κ1) is 16.8. The molecule has 2 rings (SSSR count). The van der Waals surface area contributed by atoms with Gasteiger partial charge in [0, 0.05) is 18.0 Å². The predicted molar refractivity (Wildman–Crippen MR) is 89.8 cm³/mol. The van der Waals surface area contributed by atoms with Crippen molar-refractivity contribution in [1.82, 2.24) is 4.90 Å². The Morgan fingerprint density at radius 1 is 1.32 bits per heavy atom. The number of fused-ring (bicyclic) bond motifs is 1. The molecular weight excluding hydrogens is 302 g/mol. The highest BCUT2D eigenvalue weighted by molar-refractivity contribution is 6.33. The van der Waals surface area contributed by atoms with Gasteiger partial charge in [0.05, 0.1) is 10.6 Å². The molecule has 0 aliphatic heterocycles. The van der Waals surface area contributed by atoms with Crippen LogP contribution in [0.5, 0.6) is 5.75 Å². The summed E-state index contributed by atoms with van der Waals surface area (Å²) in [6, 6.07) is 3.09. The highest BCUT2D eigenvalue weighted by Crippen LogP contribution is 2.36. The summed E-state index contributed by atoms with van der Waals surface area (Å²) in [5, 5.41) is 11.4. The number of aromatic hydroxyl groups is 1. The summed E-state index contributed by atoms with van der Waals surface area (Å²) in [5.74, 6) is -0.00198. The van der Waals surface area contributed by atoms with E-state index in [9.17, 15) is 9.90 Å². The maximum Gasteiger partial charge on any atom is 0.336 e. The van der Waals surface area contributed by atoms with E-state index in [0.717, 1.165) is 36.9 Å². The van der Waals surface area contributed by atoms with Crippen LogP contribution in [0.15, 0.2) is 21.3 Å². The molecule has 0 unspecified atom stereocenters. The van der Waals surface area contributed by atoms with Crippen LogP contribution >= 0.6 is 11.6 Å². The molecule has 0 aliphatic carbocycles. The molecule has 0 saturated heterocycles. The summed E-state index contributed by atoms with van der Waals surface area (Å²) in [5.41, 5.74) is 1.40. The first-order valence-corrected chi connectivity index (χ1v) is 8.02. The van der Waals surface area contributed by atoms with E-state index in [-0.39, 0.29) is 10.8 Å². The Kier molecular flexibility index (Phi) is 5.48. The number of rotatable bonds is 6. The minimum atomic E-state index is -0.412. The maximum absolute atomic E-state index is 11.7. The van der Waals surface area contributed by atoms with E-state index >= 15 is 0 Å². The van der Waals surface area contributed by atoms with E-state index in [0.29, 0.717) is 17.7 Å². The van der Waals surface area contributed by atoms with E-state index < -0.39 is 5.63 Å². The molecule has 1 heterocycles. The summed E-state index contributed by atoms with van der Waals surface area (Å²) in [6.07, 6.45) is 2.18. The van der Waals surface area contributed by atoms with E-state index in [1.807, 2.05) is 6.92 Å². The number of hydrogen-bond acceptors (Lipinski definition) is 4. The fraction of sp³-hybridized carbons (Fsp3) is 0.471. The summed E-state index contributed by atoms with van der Waals surface area (Å²) >= 11 is 6.15. The molecule has 0 fully saturated rings. The first-order chi connectivity index (χ1) is 10.5. The summed E-state index contributed by atoms with van der Waals surface area (Å²) in [7, 11) is 0. The highest BCUT2D eigenvalue weighted by Gasteiger charge is 2.18. The van der Waals surface area contributed by atoms with Crippen LogP contribution in [0.1, 0.15) is 37.8 Å². The topological polar surface area (TPSA) is 53.7 Å². The van der Waals surface area contributed by atoms with Crippen LogP contribution in [-0.4, -0.2) is 23.1 Å². The van der Waals surface area contributed by atoms with Crippen LogP contribution in [0.3, 0.4) is 0 Å². The molecule has 0 bridgehead atoms. The molecular formula is C17H22ClNO3. The fourth-order valence-corrected chi connectivity index (χ4v) is 2.79. The lowest BCUT2D eigenvalue weighted by atomic mass is 10.1. The third-order valence-corrected chi connectivity index (χ3v) is 4.21. The number of unbranched alkanes of at least 4 members (excludes halogenated alkanes) is 1. The van der Waals surface area contributed by atoms with Gasteiger partial charge in [-0.05, 0) is 38.1 Å². The van der Waals surface area contributed by atoms with Crippen molar-refractivity contribution in [1.29, 1.82) is 0 Å². The van der Waals surface area contributed by atoms with E-state index in [4.69, 9.17) is 16.0 Å². The molecule has 22 heavy (non-hydrogen) atoms. The number of benzene rings is 1. The Morgan fingerprint density at radius 3 is 2.68 bits per heavy atom. The summed E-state index contributed by atoms with van der Waals surface area (Å²) in [6.45, 7) is 8.33. The third-order valence-electron chi connectivity index (χ3n) is 3.92. The smallest absolute Gasteiger partial charge is 0.336 e. The second kappa shape index (κ2) is 7.16. The number of phenols is 1. The third kappa shape index (κ3) is 3.45. The largest absolute Gasteiger partial charge is 0.506 e. The van der Waals surface area contributed by atoms with Gasteiger partial charge < -0.3 is 9.52 Å². The van der Waals surface area contributed by atoms with Gasteiger partial charge in [-0.15, -0.1) is 0 Å². The lowest BCUT2D eigenvalue weighted by molar-refractivity contribution is 0.271. The van der Waals surface area contributed by atoms with Crippen molar-refractivity contribution >= 4 is 22.6 Å². The Bertz CT molecular complexity index is 724. The normalized spacial score (nSPS) is 11.5. The van der Waals surface area contributed by atoms with Crippen molar-refractivity contribution < 1.29 is 9.52 Å². The van der Waals surface area contributed by atoms with Crippen molar-refractivity contribution in [3.8, 4) is 5.75 Å². The van der Waals surface area contributed by atoms with Crippen molar-refractivity contribution in [3.63, 3.8) is 0 Å². The highest BCUT2D eigenvalue weighted by atomic mass is 35.5. The summed E-state index contributed by atoms with van der Waals surface area (Å²) in [4.78, 5) is 13.9. The Morgan fingerprint density at radius 2 is 2.05 bits per heavy atom. The molecule has 5 heteroatoms. The molecule has 2 aromatic rings. The number of nitrogens with zero attached hydrogens (tertiary/aromatic N) is 1. The predicted octanol–water partition coefficient (Wildman–Crippen LogP) is 4.08. The minimum Gasteiger partial charge on any atom is -0.506 e. The molecule has 0 amide bonds. The summed E-state index contributed by atoms with van der Waals surface area (Å²) < 4.78 is 5.36. The van der Waals surface area contributed by atoms with Crippen LogP contribution in [-0.2, 0) is 6.54 Å². The van der Waals surface area contributed by atoms with E-state index in [2.05, 4.69) is 18.7 Å². The standard InChI is InChI=1S/C17H22ClNO3/c1-4-6-7-19(5-2)10-13-16(21)14(18)9-12-11(3)8-15(20)22-17(12)13/h8-9,21H,4-7,10H2,1-3H3. The fourth-order valence-electron chi connectivity index (χ4n) is 2.57. The van der Waals surface area contributed by atoms with Crippen LogP contribution in [0, 0.1) is 6.92 Å². The molecule has 120 valence electrons. The average Bonchev–Trinajstić information content (AvgIpc) is 2.48. The zero-order valence-corrected chi connectivity index (χ0v) is 14.0. The van der Waals surface area contributed by atoms with Gasteiger partial charge in [0.1, 0.15) is 11.3 Å². The second-order valence-corrected chi connectivity index (χ2v) is 5.94. The second-order valence-electron chi connectivity index (χ2n) is 5.53. The van der Waals surface area contributed by atoms with Crippen molar-refractivity contribution in [2.45, 2.75) is 40.2 Å². The number of phenolic OH excluding ortho intramolecular Hbond substituents is 1. The van der Waals surface area contributed by atoms with Crippen molar-refractivity contribution in [2.24, 2.45) is 0 Å². The van der Waals surface area contributed by atoms with Gasteiger partial charge >= 0.3 is 5.63 Å². The van der Waals surface area contributed by atoms with Crippen LogP contribution in [0.4, 0.5) is 0 Å². The van der Waals surface area contributed by atoms with Gasteiger partial charge in [-0.2, -0.15) is 0 Å². The Balaban J connectivity index is 2.55. The Hall–Kier alpha value is -1.52. The molecule has 0 radical (unpaired) electrons. The molecule has 0 atom stereocenters. The molecule has 0 spiro atoms. The van der Waals surface area contributed by atoms with Gasteiger partial charge in [0.2, 0.25) is 0 Å². The number of hydrogen-bond donors (Lipinski definition) is 1. The lowest BCUT2D eigenvalue weighted by Gasteiger charge is -2.21. The monoisotopic (exact) mass is 323 g/mol. The van der Waals surface area contributed by atoms with E-state index in [1.165, 1.54) is 6.07 Å². The SMILES string of the molecule is CCCCN(CC)Cc1c(O)c(Cl)cc2c(C)cc(=O)oc12. The molecule has 0 aliphatic rings. The van der Waals surface area contributed by atoms with Crippen LogP contribution < -0.4 is 5.63 Å². The van der Waals surface area contributed by atoms with Gasteiger partial charge in [-0.25, -0.2) is 4.79 Å². The van der Waals surface area contributed by atoms with E-state index in [1.54, 1.807) is 6.07 Å². The molecule has 1 aromatic carbocycles. The number of aryl methyl sites for hydroxylation is 1. The zero-order chi connectivity index (χ0) is 16.3. The number of halogens is 1. The maximum atomic E-state index is 11.7. The molecule has 1 aromatic heterocycles. The average molecular weight is 324 g/mol. The van der Waals surface area contributed by atoms with Crippen molar-refractivity contribution in [3.05, 3.63) is 38.7 Å². The quantitative estimate of drug-likeness (QED) is 0.814. The molecule has 4 nitrogen and oxygen atoms in total. The van der Waals surface area contributed by atoms with Gasteiger partial charge in [-0.3, -0.25) is 4.90 Å². The molecule has 1 N–H and O–H groups in total. The van der Waals surface area contributed by atoms with Crippen LogP contribution in [0.25, 0.3) is 11.0 Å². The van der Waals surface area contributed by atoms with Gasteiger partial charge in [0.15, 0.2) is 0 Å². The lowest BCUT2D eigenvalue weighted by Crippen LogP contribution is -2.24. The Labute approximate surface area is 135 Å². The molecule has 0 saturated carbocycles. The van der Waals surface area contributed by atoms with Gasteiger partial charge in [-0.1, -0.05) is 31.9 Å². The van der Waals surface area contributed by atoms with Gasteiger partial charge in [0.25, 0.3) is 0 Å². The van der Waals surface area contributed by atoms with Crippen molar-refractivity contribution in [2.75, 3.05) is 13.1 Å². The van der Waals surface area contributed by atoms with Crippen LogP contribution in [0.2, 0.25) is 5.02 Å².